The van der Waals surface area contributed by atoms with Crippen LogP contribution in [0, 0.1) is 0 Å². The molecular weight excluding hydrogens is 555 g/mol. The predicted octanol–water partition coefficient (Wildman–Crippen LogP) is 4.39. The number of rotatable bonds is 4. The second-order valence-corrected chi connectivity index (χ2v) is 12.2. The van der Waals surface area contributed by atoms with Crippen LogP contribution in [0.15, 0.2) is 91.0 Å². The van der Waals surface area contributed by atoms with Gasteiger partial charge in [-0.05, 0) is 0 Å². The van der Waals surface area contributed by atoms with E-state index in [0.717, 1.165) is 5.02 Å². The van der Waals surface area contributed by atoms with Gasteiger partial charge in [0.15, 0.2) is 0 Å². The average Bonchev–Trinajstić information content (AvgIpc) is 3.09. The molecule has 0 N–H and O–H groups in total. The first-order valence-electron chi connectivity index (χ1n) is 7.98. The van der Waals surface area contributed by atoms with E-state index in [1.165, 1.54) is 14.7 Å². The molecule has 0 bridgehead atoms. The maximum absolute atomic E-state index is 6.05. The van der Waals surface area contributed by atoms with E-state index in [-0.39, 0.29) is 20.4 Å². The fourth-order valence-electron chi connectivity index (χ4n) is 2.62. The Morgan fingerprint density at radius 3 is 1.92 bits per heavy atom. The molecule has 0 spiro atoms. The van der Waals surface area contributed by atoms with Crippen molar-refractivity contribution >= 4 is 60.2 Å². The van der Waals surface area contributed by atoms with E-state index in [1.54, 1.807) is 10.8 Å². The van der Waals surface area contributed by atoms with Gasteiger partial charge in [-0.15, -0.1) is 0 Å². The monoisotopic (exact) mass is 574 g/mol. The third kappa shape index (κ3) is 4.23. The number of hydrogen-bond donors (Lipinski definition) is 0. The molecule has 1 aromatic heterocycles. The zero-order valence-corrected chi connectivity index (χ0v) is 18.8. The number of halogens is 1. The van der Waals surface area contributed by atoms with Gasteiger partial charge in [-0.2, -0.15) is 0 Å². The summed E-state index contributed by atoms with van der Waals surface area (Å²) in [5.41, 5.74) is 2.79. The van der Waals surface area contributed by atoms with Gasteiger partial charge in [0, 0.05) is 0 Å². The normalized spacial score (nSPS) is 10.8. The van der Waals surface area contributed by atoms with Crippen molar-refractivity contribution in [2.24, 2.45) is 0 Å². The molecule has 0 saturated heterocycles. The standard InChI is InChI=1S/C22H15ClTe2/c23-18-11-13-19(14-12-18)24-21-15-20(16-7-3-1-4-8-16)25-22(21)17-9-5-2-6-10-17/h1-15H. The van der Waals surface area contributed by atoms with Gasteiger partial charge in [0.2, 0.25) is 0 Å². The van der Waals surface area contributed by atoms with Crippen LogP contribution < -0.4 is 7.22 Å². The van der Waals surface area contributed by atoms with Crippen LogP contribution in [0.5, 0.6) is 0 Å². The van der Waals surface area contributed by atoms with Crippen LogP contribution in [0.3, 0.4) is 0 Å². The summed E-state index contributed by atoms with van der Waals surface area (Å²) in [7, 11) is 0. The van der Waals surface area contributed by atoms with Crippen LogP contribution in [0.4, 0.5) is 0 Å². The molecule has 4 aromatic rings. The van der Waals surface area contributed by atoms with Crippen LogP contribution >= 0.6 is 11.6 Å². The zero-order chi connectivity index (χ0) is 17.1. The Hall–Kier alpha value is -0.991. The Bertz CT molecular complexity index is 958. The van der Waals surface area contributed by atoms with Crippen LogP contribution in [0.25, 0.3) is 18.3 Å². The first-order valence-corrected chi connectivity index (χ1v) is 13.0. The number of hydrogen-bond acceptors (Lipinski definition) is 0. The maximum atomic E-state index is 6.05. The zero-order valence-electron chi connectivity index (χ0n) is 13.4. The molecule has 0 fully saturated rings. The summed E-state index contributed by atoms with van der Waals surface area (Å²) < 4.78 is 6.19. The molecule has 0 nitrogen and oxygen atoms in total. The Morgan fingerprint density at radius 2 is 1.28 bits per heavy atom. The van der Waals surface area contributed by atoms with Crippen LogP contribution in [0.2, 0.25) is 5.02 Å². The molecule has 4 rings (SSSR count). The van der Waals surface area contributed by atoms with E-state index in [1.807, 2.05) is 12.1 Å². The third-order valence-electron chi connectivity index (χ3n) is 3.83. The minimum absolute atomic E-state index is 0.356. The van der Waals surface area contributed by atoms with Gasteiger partial charge < -0.3 is 0 Å². The molecule has 0 saturated carbocycles. The fraction of sp³-hybridized carbons (Fsp3) is 0. The second kappa shape index (κ2) is 8.14. The summed E-state index contributed by atoms with van der Waals surface area (Å²) in [6, 6.07) is 32.7. The summed E-state index contributed by atoms with van der Waals surface area (Å²) in [5, 5.41) is 0.814. The molecule has 0 unspecified atom stereocenters. The van der Waals surface area contributed by atoms with Crippen molar-refractivity contribution in [2.75, 3.05) is 0 Å². The molecule has 3 heteroatoms. The molecule has 0 aliphatic heterocycles. The SMILES string of the molecule is Clc1ccc([Te]c2cc(-c3ccccc3)[te]c2-c2ccccc2)cc1. The summed E-state index contributed by atoms with van der Waals surface area (Å²) in [5.74, 6) is 0. The van der Waals surface area contributed by atoms with Crippen molar-refractivity contribution in [3.05, 3.63) is 96.0 Å². The van der Waals surface area contributed by atoms with Gasteiger partial charge in [-0.3, -0.25) is 0 Å². The molecule has 0 amide bonds. The van der Waals surface area contributed by atoms with Crippen LogP contribution in [0.1, 0.15) is 0 Å². The summed E-state index contributed by atoms with van der Waals surface area (Å²) >= 11 is 5.29. The van der Waals surface area contributed by atoms with Crippen LogP contribution in [-0.2, 0) is 0 Å². The van der Waals surface area contributed by atoms with E-state index in [9.17, 15) is 0 Å². The van der Waals surface area contributed by atoms with Gasteiger partial charge in [-0.25, -0.2) is 0 Å². The first kappa shape index (κ1) is 17.4. The van der Waals surface area contributed by atoms with E-state index >= 15 is 0 Å². The molecular formula is C22H15ClTe2. The molecule has 1 heterocycles. The van der Waals surface area contributed by atoms with Crippen molar-refractivity contribution in [1.29, 1.82) is 0 Å². The molecule has 122 valence electrons. The van der Waals surface area contributed by atoms with Gasteiger partial charge >= 0.3 is 174 Å². The van der Waals surface area contributed by atoms with E-state index in [4.69, 9.17) is 11.6 Å². The van der Waals surface area contributed by atoms with E-state index in [0.29, 0.717) is 0 Å². The summed E-state index contributed by atoms with van der Waals surface area (Å²) in [4.78, 5) is 0. The second-order valence-electron chi connectivity index (χ2n) is 5.59. The van der Waals surface area contributed by atoms with Crippen molar-refractivity contribution in [2.45, 2.75) is 0 Å². The van der Waals surface area contributed by atoms with Gasteiger partial charge in [0.25, 0.3) is 0 Å². The van der Waals surface area contributed by atoms with Crippen LogP contribution in [-0.4, -0.2) is 41.4 Å². The minimum atomic E-state index is -0.408. The predicted molar refractivity (Wildman–Crippen MR) is 111 cm³/mol. The fourth-order valence-corrected chi connectivity index (χ4v) is 10.7. The van der Waals surface area contributed by atoms with Gasteiger partial charge in [-0.1, -0.05) is 0 Å². The average molecular weight is 570 g/mol. The molecule has 0 aliphatic carbocycles. The molecule has 0 aliphatic rings. The molecule has 25 heavy (non-hydrogen) atoms. The summed E-state index contributed by atoms with van der Waals surface area (Å²) in [6.07, 6.45) is 0. The van der Waals surface area contributed by atoms with E-state index < -0.39 is 20.9 Å². The topological polar surface area (TPSA) is 0 Å². The van der Waals surface area contributed by atoms with Crippen molar-refractivity contribution in [1.82, 2.24) is 0 Å². The quantitative estimate of drug-likeness (QED) is 0.320. The van der Waals surface area contributed by atoms with Gasteiger partial charge in [0.1, 0.15) is 0 Å². The Balaban J connectivity index is 1.78. The van der Waals surface area contributed by atoms with Crippen molar-refractivity contribution < 1.29 is 0 Å². The first-order chi connectivity index (χ1) is 12.3. The summed E-state index contributed by atoms with van der Waals surface area (Å²) in [6.45, 7) is 0. The Morgan fingerprint density at radius 1 is 0.680 bits per heavy atom. The molecule has 3 aromatic carbocycles. The van der Waals surface area contributed by atoms with E-state index in [2.05, 4.69) is 78.9 Å². The van der Waals surface area contributed by atoms with Gasteiger partial charge in [0.05, 0.1) is 0 Å². The van der Waals surface area contributed by atoms with Crippen molar-refractivity contribution in [3.63, 3.8) is 0 Å². The van der Waals surface area contributed by atoms with Crippen molar-refractivity contribution in [3.8, 4) is 18.3 Å². The molecule has 0 radical (unpaired) electrons. The third-order valence-corrected chi connectivity index (χ3v) is 11.9. The number of benzene rings is 3. The Kier molecular flexibility index (Phi) is 5.67. The Labute approximate surface area is 173 Å². The molecule has 0 atom stereocenters.